The predicted octanol–water partition coefficient (Wildman–Crippen LogP) is 0.830. The second-order valence-electron chi connectivity index (χ2n) is 7.03. The van der Waals surface area contributed by atoms with Crippen molar-refractivity contribution in [3.05, 3.63) is 29.1 Å². The molecule has 1 atom stereocenters. The third-order valence-corrected chi connectivity index (χ3v) is 4.87. The molecule has 5 N–H and O–H groups in total. The normalized spacial score (nSPS) is 21.2. The Labute approximate surface area is 169 Å². The highest BCUT2D eigenvalue weighted by Gasteiger charge is 2.41. The number of rotatable bonds is 4. The van der Waals surface area contributed by atoms with E-state index in [4.69, 9.17) is 26.1 Å². The van der Waals surface area contributed by atoms with E-state index in [1.165, 1.54) is 6.20 Å². The van der Waals surface area contributed by atoms with Crippen LogP contribution in [0.5, 0.6) is 0 Å². The molecule has 9 nitrogen and oxygen atoms in total. The first-order valence-electron chi connectivity index (χ1n) is 8.96. The van der Waals surface area contributed by atoms with Gasteiger partial charge in [0.05, 0.1) is 11.3 Å². The Bertz CT molecular complexity index is 853. The quantitative estimate of drug-likeness (QED) is 0.642. The van der Waals surface area contributed by atoms with Gasteiger partial charge in [-0.25, -0.2) is 4.79 Å². The van der Waals surface area contributed by atoms with Crippen LogP contribution in [-0.4, -0.2) is 59.0 Å². The summed E-state index contributed by atoms with van der Waals surface area (Å²) in [5.41, 5.74) is 11.8. The molecule has 0 bridgehead atoms. The molecule has 3 rings (SSSR count). The van der Waals surface area contributed by atoms with Crippen molar-refractivity contribution in [2.45, 2.75) is 37.4 Å². The zero-order valence-corrected chi connectivity index (χ0v) is 15.8. The van der Waals surface area contributed by atoms with Crippen LogP contribution in [0.4, 0.5) is 13.2 Å². The van der Waals surface area contributed by atoms with Crippen molar-refractivity contribution in [2.75, 3.05) is 13.2 Å². The number of pyridine rings is 1. The number of halogens is 3. The van der Waals surface area contributed by atoms with Crippen molar-refractivity contribution >= 4 is 24.0 Å². The van der Waals surface area contributed by atoms with Crippen LogP contribution in [0.3, 0.4) is 0 Å². The van der Waals surface area contributed by atoms with E-state index >= 15 is 0 Å². The summed E-state index contributed by atoms with van der Waals surface area (Å²) in [5.74, 6) is -3.40. The van der Waals surface area contributed by atoms with Crippen LogP contribution in [0.2, 0.25) is 0 Å². The Morgan fingerprint density at radius 2 is 1.83 bits per heavy atom. The second kappa shape index (κ2) is 9.20. The van der Waals surface area contributed by atoms with E-state index in [-0.39, 0.29) is 0 Å². The Morgan fingerprint density at radius 1 is 1.23 bits per heavy atom. The zero-order chi connectivity index (χ0) is 22.5. The maximum atomic E-state index is 12.1. The van der Waals surface area contributed by atoms with Gasteiger partial charge in [0, 0.05) is 32.0 Å². The van der Waals surface area contributed by atoms with Crippen LogP contribution in [0, 0.1) is 5.92 Å². The molecule has 1 aromatic heterocycles. The molecule has 0 aliphatic carbocycles. The van der Waals surface area contributed by atoms with Gasteiger partial charge in [0.2, 0.25) is 11.8 Å². The zero-order valence-electron chi connectivity index (χ0n) is 15.8. The lowest BCUT2D eigenvalue weighted by atomic mass is 9.78. The van der Waals surface area contributed by atoms with Crippen molar-refractivity contribution in [2.24, 2.45) is 22.4 Å². The predicted molar refractivity (Wildman–Crippen MR) is 97.8 cm³/mol. The number of ether oxygens (including phenoxy) is 1. The maximum Gasteiger partial charge on any atom is 0.490 e. The van der Waals surface area contributed by atoms with E-state index in [9.17, 15) is 22.8 Å². The van der Waals surface area contributed by atoms with Crippen LogP contribution >= 0.6 is 0 Å². The smallest absolute Gasteiger partial charge is 0.475 e. The standard InChI is InChI=1S/C16H20N4O3.C2HF3O2/c17-14(21)12-5-11-7-16(15(18)22,20-9-13(11)19-8-12)6-10-1-3-23-4-2-10;3-2(4,5)1(6)7/h5,8-10H,1-4,6-7H2,(H2,17,21)(H2,18,22);(H,6,7). The molecule has 2 aliphatic heterocycles. The first kappa shape index (κ1) is 23.3. The van der Waals surface area contributed by atoms with E-state index in [1.807, 2.05) is 0 Å². The van der Waals surface area contributed by atoms with E-state index in [1.54, 1.807) is 12.3 Å². The van der Waals surface area contributed by atoms with Gasteiger partial charge in [-0.05, 0) is 36.8 Å². The summed E-state index contributed by atoms with van der Waals surface area (Å²) in [6, 6.07) is 1.68. The molecule has 0 spiro atoms. The average molecular weight is 430 g/mol. The number of aromatic nitrogens is 1. The Hall–Kier alpha value is -3.02. The number of aliphatic carboxylic acids is 1. The summed E-state index contributed by atoms with van der Waals surface area (Å²) >= 11 is 0. The highest BCUT2D eigenvalue weighted by molar-refractivity contribution is 5.95. The van der Waals surface area contributed by atoms with Gasteiger partial charge in [0.15, 0.2) is 0 Å². The van der Waals surface area contributed by atoms with Gasteiger partial charge < -0.3 is 21.3 Å². The number of carboxylic acids is 1. The monoisotopic (exact) mass is 430 g/mol. The SMILES string of the molecule is NC(=O)c1cnc2c(c1)CC(CC1CCOCC1)(C(N)=O)N=C2.O=C(O)C(F)(F)F. The Morgan fingerprint density at radius 3 is 2.33 bits per heavy atom. The summed E-state index contributed by atoms with van der Waals surface area (Å²) in [6.07, 6.45) is 0.645. The van der Waals surface area contributed by atoms with Gasteiger partial charge in [-0.3, -0.25) is 19.6 Å². The third kappa shape index (κ3) is 5.75. The molecule has 0 saturated carbocycles. The van der Waals surface area contributed by atoms with Crippen LogP contribution in [0.25, 0.3) is 0 Å². The fraction of sp³-hybridized carbons (Fsp3) is 0.500. The number of nitrogens with zero attached hydrogens (tertiary/aromatic N) is 2. The Kier molecular flexibility index (Phi) is 7.13. The number of aliphatic imine (C=N–C) groups is 1. The van der Waals surface area contributed by atoms with E-state index in [2.05, 4.69) is 9.98 Å². The number of carbonyl (C=O) groups excluding carboxylic acids is 2. The van der Waals surface area contributed by atoms with E-state index < -0.39 is 29.5 Å². The van der Waals surface area contributed by atoms with Crippen molar-refractivity contribution in [3.8, 4) is 0 Å². The maximum absolute atomic E-state index is 12.1. The van der Waals surface area contributed by atoms with Crippen molar-refractivity contribution < 1.29 is 37.4 Å². The van der Waals surface area contributed by atoms with Crippen LogP contribution in [0.1, 0.15) is 40.9 Å². The lowest BCUT2D eigenvalue weighted by Crippen LogP contribution is -2.48. The highest BCUT2D eigenvalue weighted by atomic mass is 19.4. The second-order valence-corrected chi connectivity index (χ2v) is 7.03. The minimum Gasteiger partial charge on any atom is -0.475 e. The summed E-state index contributed by atoms with van der Waals surface area (Å²) in [7, 11) is 0. The molecular weight excluding hydrogens is 409 g/mol. The molecule has 1 saturated heterocycles. The minimum absolute atomic E-state index is 0.323. The minimum atomic E-state index is -5.08. The van der Waals surface area contributed by atoms with Gasteiger partial charge in [-0.1, -0.05) is 0 Å². The molecule has 3 heterocycles. The van der Waals surface area contributed by atoms with Crippen molar-refractivity contribution in [1.29, 1.82) is 0 Å². The molecule has 1 aromatic rings. The number of alkyl halides is 3. The van der Waals surface area contributed by atoms with Crippen molar-refractivity contribution in [3.63, 3.8) is 0 Å². The summed E-state index contributed by atoms with van der Waals surface area (Å²) in [4.78, 5) is 41.0. The average Bonchev–Trinajstić information content (AvgIpc) is 2.67. The Balaban J connectivity index is 0.000000396. The molecule has 0 radical (unpaired) electrons. The van der Waals surface area contributed by atoms with Gasteiger partial charge in [-0.15, -0.1) is 0 Å². The van der Waals surface area contributed by atoms with Crippen molar-refractivity contribution in [1.82, 2.24) is 4.98 Å². The lowest BCUT2D eigenvalue weighted by molar-refractivity contribution is -0.192. The number of hydrogen-bond donors (Lipinski definition) is 3. The largest absolute Gasteiger partial charge is 0.490 e. The van der Waals surface area contributed by atoms with Crippen LogP contribution < -0.4 is 11.5 Å². The number of primary amides is 2. The molecule has 2 aliphatic rings. The summed E-state index contributed by atoms with van der Waals surface area (Å²) < 4.78 is 37.1. The molecular formula is C18H21F3N4O5. The molecule has 1 fully saturated rings. The molecule has 1 unspecified atom stereocenters. The fourth-order valence-corrected chi connectivity index (χ4v) is 3.26. The van der Waals surface area contributed by atoms with Gasteiger partial charge >= 0.3 is 12.1 Å². The molecule has 2 amide bonds. The first-order valence-corrected chi connectivity index (χ1v) is 8.96. The number of hydrogen-bond acceptors (Lipinski definition) is 6. The van der Waals surface area contributed by atoms with Gasteiger partial charge in [-0.2, -0.15) is 13.2 Å². The number of amides is 2. The van der Waals surface area contributed by atoms with E-state index in [0.29, 0.717) is 43.2 Å². The first-order chi connectivity index (χ1) is 13.9. The van der Waals surface area contributed by atoms with Gasteiger partial charge in [0.25, 0.3) is 0 Å². The third-order valence-electron chi connectivity index (χ3n) is 4.87. The molecule has 12 heteroatoms. The fourth-order valence-electron chi connectivity index (χ4n) is 3.26. The number of nitrogens with two attached hydrogens (primary N) is 2. The molecule has 30 heavy (non-hydrogen) atoms. The number of carboxylic acid groups (broad SMARTS) is 1. The number of fused-ring (bicyclic) bond motifs is 1. The van der Waals surface area contributed by atoms with E-state index in [0.717, 1.165) is 18.4 Å². The molecule has 164 valence electrons. The van der Waals surface area contributed by atoms with Crippen LogP contribution in [-0.2, 0) is 20.7 Å². The van der Waals surface area contributed by atoms with Crippen LogP contribution in [0.15, 0.2) is 17.3 Å². The highest BCUT2D eigenvalue weighted by Crippen LogP contribution is 2.33. The number of carbonyl (C=O) groups is 3. The molecule has 0 aromatic carbocycles. The van der Waals surface area contributed by atoms with Gasteiger partial charge in [0.1, 0.15) is 5.54 Å². The lowest BCUT2D eigenvalue weighted by Gasteiger charge is -2.34. The topological polar surface area (TPSA) is 158 Å². The summed E-state index contributed by atoms with van der Waals surface area (Å²) in [6.45, 7) is 1.40. The summed E-state index contributed by atoms with van der Waals surface area (Å²) in [5, 5.41) is 7.12.